The van der Waals surface area contributed by atoms with Crippen molar-refractivity contribution in [3.63, 3.8) is 0 Å². The van der Waals surface area contributed by atoms with Crippen LogP contribution in [0.1, 0.15) is 30.5 Å². The number of carbonyl (C=O) groups is 1. The second-order valence-electron chi connectivity index (χ2n) is 8.83. The van der Waals surface area contributed by atoms with Crippen molar-refractivity contribution >= 4 is 17.7 Å². The molecule has 5 nitrogen and oxygen atoms in total. The Hall–Kier alpha value is -2.97. The van der Waals surface area contributed by atoms with Crippen LogP contribution in [0.25, 0.3) is 11.1 Å². The summed E-state index contributed by atoms with van der Waals surface area (Å²) >= 11 is 5.98. The fourth-order valence-corrected chi connectivity index (χ4v) is 4.58. The van der Waals surface area contributed by atoms with Crippen LogP contribution < -0.4 is 4.74 Å². The van der Waals surface area contributed by atoms with Gasteiger partial charge in [0.1, 0.15) is 5.69 Å². The highest BCUT2D eigenvalue weighted by molar-refractivity contribution is 6.30. The Kier molecular flexibility index (Phi) is 7.42. The van der Waals surface area contributed by atoms with Gasteiger partial charge in [0.15, 0.2) is 0 Å². The molecule has 1 saturated carbocycles. The zero-order valence-electron chi connectivity index (χ0n) is 19.1. The lowest BCUT2D eigenvalue weighted by atomic mass is 10.1. The summed E-state index contributed by atoms with van der Waals surface area (Å²) in [7, 11) is 1.52. The molecule has 1 aromatic heterocycles. The smallest absolute Gasteiger partial charge is 0.393 e. The molecular formula is C26H26ClF3N2O3. The number of rotatable bonds is 6. The molecule has 1 aliphatic carbocycles. The second kappa shape index (κ2) is 10.3. The van der Waals surface area contributed by atoms with Gasteiger partial charge in [-0.15, -0.1) is 0 Å². The second-order valence-corrected chi connectivity index (χ2v) is 9.27. The van der Waals surface area contributed by atoms with Crippen LogP contribution in [0.2, 0.25) is 5.02 Å². The summed E-state index contributed by atoms with van der Waals surface area (Å²) < 4.78 is 49.0. The van der Waals surface area contributed by atoms with E-state index in [0.29, 0.717) is 22.6 Å². The Bertz CT molecular complexity index is 1160. The summed E-state index contributed by atoms with van der Waals surface area (Å²) in [5.74, 6) is -0.294. The van der Waals surface area contributed by atoms with Gasteiger partial charge in [-0.05, 0) is 42.2 Å². The Balaban J connectivity index is 1.75. The molecule has 1 N–H and O–H groups in total. The van der Waals surface area contributed by atoms with Crippen LogP contribution in [0.4, 0.5) is 18.0 Å². The minimum absolute atomic E-state index is 0.0925. The molecule has 1 amide bonds. The number of aliphatic hydroxyl groups excluding tert-OH is 1. The van der Waals surface area contributed by atoms with E-state index >= 15 is 0 Å². The number of aromatic nitrogens is 1. The van der Waals surface area contributed by atoms with E-state index in [1.807, 2.05) is 0 Å². The van der Waals surface area contributed by atoms with E-state index in [4.69, 9.17) is 16.3 Å². The zero-order valence-corrected chi connectivity index (χ0v) is 19.9. The number of hydrogen-bond acceptors (Lipinski definition) is 3. The van der Waals surface area contributed by atoms with E-state index < -0.39 is 24.1 Å². The minimum Gasteiger partial charge on any atom is -0.393 e. The van der Waals surface area contributed by atoms with Crippen molar-refractivity contribution < 1.29 is 27.8 Å². The van der Waals surface area contributed by atoms with Crippen LogP contribution in [-0.4, -0.2) is 40.4 Å². The van der Waals surface area contributed by atoms with Crippen molar-refractivity contribution in [1.29, 1.82) is 0 Å². The molecule has 1 fully saturated rings. The minimum atomic E-state index is -4.68. The SMILES string of the molecule is CN(CC1CCC[C@@H]1O)C(=O)Oc1c(-c2ccc(Cl)cc2)cc(C(F)(F)F)n1Cc1ccccc1. The van der Waals surface area contributed by atoms with Crippen molar-refractivity contribution in [2.45, 2.75) is 38.1 Å². The third-order valence-electron chi connectivity index (χ3n) is 6.30. The van der Waals surface area contributed by atoms with Gasteiger partial charge in [-0.2, -0.15) is 13.2 Å². The summed E-state index contributed by atoms with van der Waals surface area (Å²) in [6.45, 7) is 0.110. The lowest BCUT2D eigenvalue weighted by Gasteiger charge is -2.23. The average molecular weight is 507 g/mol. The number of ether oxygens (including phenoxy) is 1. The topological polar surface area (TPSA) is 54.7 Å². The van der Waals surface area contributed by atoms with E-state index in [0.717, 1.165) is 23.5 Å². The molecule has 1 heterocycles. The molecule has 0 saturated heterocycles. The molecule has 1 unspecified atom stereocenters. The van der Waals surface area contributed by atoms with Crippen LogP contribution >= 0.6 is 11.6 Å². The molecule has 35 heavy (non-hydrogen) atoms. The Morgan fingerprint density at radius 2 is 1.83 bits per heavy atom. The average Bonchev–Trinajstić information content (AvgIpc) is 3.38. The number of hydrogen-bond donors (Lipinski definition) is 1. The van der Waals surface area contributed by atoms with Crippen molar-refractivity contribution in [3.05, 3.63) is 76.9 Å². The molecular weight excluding hydrogens is 481 g/mol. The van der Waals surface area contributed by atoms with E-state index in [9.17, 15) is 23.1 Å². The number of nitrogens with zero attached hydrogens (tertiary/aromatic N) is 2. The lowest BCUT2D eigenvalue weighted by molar-refractivity contribution is -0.143. The summed E-state index contributed by atoms with van der Waals surface area (Å²) in [5.41, 5.74) is 0.259. The third-order valence-corrected chi connectivity index (χ3v) is 6.55. The van der Waals surface area contributed by atoms with Gasteiger partial charge in [0.2, 0.25) is 5.88 Å². The maximum atomic E-state index is 14.1. The Labute approximate surface area is 206 Å². The molecule has 2 atom stereocenters. The summed E-state index contributed by atoms with van der Waals surface area (Å²) in [6.07, 6.45) is -3.67. The first-order chi connectivity index (χ1) is 16.6. The molecule has 186 valence electrons. The molecule has 4 rings (SSSR count). The van der Waals surface area contributed by atoms with Crippen molar-refractivity contribution in [1.82, 2.24) is 9.47 Å². The maximum Gasteiger partial charge on any atom is 0.431 e. The normalized spacial score (nSPS) is 18.0. The van der Waals surface area contributed by atoms with E-state index in [1.54, 1.807) is 54.6 Å². The number of alkyl halides is 3. The van der Waals surface area contributed by atoms with Crippen molar-refractivity contribution in [2.75, 3.05) is 13.6 Å². The van der Waals surface area contributed by atoms with Gasteiger partial charge in [0.25, 0.3) is 0 Å². The number of aliphatic hydroxyl groups is 1. The van der Waals surface area contributed by atoms with E-state index in [-0.39, 0.29) is 30.5 Å². The number of benzene rings is 2. The number of halogens is 4. The van der Waals surface area contributed by atoms with Gasteiger partial charge < -0.3 is 19.3 Å². The summed E-state index contributed by atoms with van der Waals surface area (Å²) in [4.78, 5) is 14.3. The molecule has 3 aromatic rings. The Morgan fingerprint density at radius 3 is 2.43 bits per heavy atom. The van der Waals surface area contributed by atoms with E-state index in [1.165, 1.54) is 11.9 Å². The molecule has 0 radical (unpaired) electrons. The molecule has 9 heteroatoms. The first-order valence-corrected chi connectivity index (χ1v) is 11.7. The molecule has 0 aliphatic heterocycles. The summed E-state index contributed by atoms with van der Waals surface area (Å²) in [5, 5.41) is 10.5. The molecule has 0 bridgehead atoms. The van der Waals surface area contributed by atoms with Crippen LogP contribution in [0.5, 0.6) is 5.88 Å². The van der Waals surface area contributed by atoms with Crippen LogP contribution in [0.3, 0.4) is 0 Å². The standard InChI is InChI=1S/C26H26ClF3N2O3/c1-31(16-19-8-5-9-22(19)33)25(34)35-24-21(18-10-12-20(27)13-11-18)14-23(26(28,29)30)32(24)15-17-6-3-2-4-7-17/h2-4,6-7,10-14,19,22,33H,5,8-9,15-16H2,1H3/t19?,22-/m0/s1. The highest BCUT2D eigenvalue weighted by Gasteiger charge is 2.38. The fraction of sp³-hybridized carbons (Fsp3) is 0.346. The predicted molar refractivity (Wildman–Crippen MR) is 127 cm³/mol. The number of amides is 1. The summed E-state index contributed by atoms with van der Waals surface area (Å²) in [6, 6.07) is 16.0. The third kappa shape index (κ3) is 5.82. The van der Waals surface area contributed by atoms with E-state index in [2.05, 4.69) is 0 Å². The van der Waals surface area contributed by atoms with Crippen LogP contribution in [-0.2, 0) is 12.7 Å². The highest BCUT2D eigenvalue weighted by Crippen LogP contribution is 2.41. The van der Waals surface area contributed by atoms with Crippen LogP contribution in [0.15, 0.2) is 60.7 Å². The molecule has 1 aliphatic rings. The molecule has 2 aromatic carbocycles. The highest BCUT2D eigenvalue weighted by atomic mass is 35.5. The first kappa shape index (κ1) is 25.1. The Morgan fingerprint density at radius 1 is 1.14 bits per heavy atom. The van der Waals surface area contributed by atoms with Gasteiger partial charge >= 0.3 is 12.3 Å². The van der Waals surface area contributed by atoms with Crippen LogP contribution in [0, 0.1) is 5.92 Å². The van der Waals surface area contributed by atoms with Gasteiger partial charge in [-0.1, -0.05) is 60.5 Å². The van der Waals surface area contributed by atoms with Gasteiger partial charge in [-0.3, -0.25) is 0 Å². The predicted octanol–water partition coefficient (Wildman–Crippen LogP) is 6.47. The quantitative estimate of drug-likeness (QED) is 0.417. The monoisotopic (exact) mass is 506 g/mol. The zero-order chi connectivity index (χ0) is 25.2. The van der Waals surface area contributed by atoms with Gasteiger partial charge in [0, 0.05) is 30.1 Å². The largest absolute Gasteiger partial charge is 0.431 e. The van der Waals surface area contributed by atoms with Gasteiger partial charge in [-0.25, -0.2) is 4.79 Å². The molecule has 0 spiro atoms. The first-order valence-electron chi connectivity index (χ1n) is 11.3. The van der Waals surface area contributed by atoms with Crippen molar-refractivity contribution in [2.24, 2.45) is 5.92 Å². The van der Waals surface area contributed by atoms with Gasteiger partial charge in [0.05, 0.1) is 12.6 Å². The number of carbonyl (C=O) groups excluding carboxylic acids is 1. The fourth-order valence-electron chi connectivity index (χ4n) is 4.45. The lowest BCUT2D eigenvalue weighted by Crippen LogP contribution is -2.36. The van der Waals surface area contributed by atoms with Crippen molar-refractivity contribution in [3.8, 4) is 17.0 Å². The maximum absolute atomic E-state index is 14.1.